The predicted octanol–water partition coefficient (Wildman–Crippen LogP) is 3.98. The summed E-state index contributed by atoms with van der Waals surface area (Å²) in [6.07, 6.45) is 1.53. The van der Waals surface area contributed by atoms with Crippen LogP contribution in [0.15, 0.2) is 5.16 Å². The molecule has 4 heterocycles. The van der Waals surface area contributed by atoms with Gasteiger partial charge in [-0.2, -0.15) is 0 Å². The third-order valence-electron chi connectivity index (χ3n) is 4.69. The van der Waals surface area contributed by atoms with Gasteiger partial charge in [0, 0.05) is 11.3 Å². The van der Waals surface area contributed by atoms with Gasteiger partial charge in [-0.05, 0) is 31.6 Å². The van der Waals surface area contributed by atoms with Gasteiger partial charge in [0.1, 0.15) is 10.8 Å². The first-order valence-electron chi connectivity index (χ1n) is 8.38. The second-order valence-corrected chi connectivity index (χ2v) is 9.16. The molecule has 0 saturated carbocycles. The van der Waals surface area contributed by atoms with Gasteiger partial charge in [-0.15, -0.1) is 21.5 Å². The van der Waals surface area contributed by atoms with Gasteiger partial charge in [0.05, 0.1) is 23.7 Å². The number of ether oxygens (including phenoxy) is 1. The third-order valence-corrected chi connectivity index (χ3v) is 6.69. The maximum absolute atomic E-state index is 13.2. The summed E-state index contributed by atoms with van der Waals surface area (Å²) in [6, 6.07) is 0. The standard InChI is InChI=1S/C17H21N3O2S2/c1-5-9-13(21)12-10-7-17(3,4)22-8-11(10)24-15(12)20-14(9)18-19-16(20)23-6-2/h9H,5-8H2,1-4H3. The van der Waals surface area contributed by atoms with Crippen LogP contribution < -0.4 is 0 Å². The topological polar surface area (TPSA) is 57.0 Å². The summed E-state index contributed by atoms with van der Waals surface area (Å²) in [6.45, 7) is 8.91. The fourth-order valence-corrected chi connectivity index (χ4v) is 5.50. The van der Waals surface area contributed by atoms with Gasteiger partial charge in [-0.1, -0.05) is 25.6 Å². The summed E-state index contributed by atoms with van der Waals surface area (Å²) in [5.41, 5.74) is 1.85. The quantitative estimate of drug-likeness (QED) is 0.772. The first-order chi connectivity index (χ1) is 11.5. The molecule has 5 nitrogen and oxygen atoms in total. The molecule has 2 aromatic heterocycles. The van der Waals surface area contributed by atoms with E-state index in [1.807, 2.05) is 6.92 Å². The Kier molecular flexibility index (Phi) is 3.85. The molecule has 1 unspecified atom stereocenters. The molecule has 2 aliphatic heterocycles. The van der Waals surface area contributed by atoms with Crippen LogP contribution in [0.3, 0.4) is 0 Å². The molecule has 128 valence electrons. The lowest BCUT2D eigenvalue weighted by atomic mass is 9.86. The molecule has 0 amide bonds. The lowest BCUT2D eigenvalue weighted by Gasteiger charge is -2.31. The van der Waals surface area contributed by atoms with Crippen LogP contribution in [0.25, 0.3) is 5.00 Å². The molecule has 0 aromatic carbocycles. The van der Waals surface area contributed by atoms with E-state index in [1.54, 1.807) is 23.1 Å². The molecule has 0 aliphatic carbocycles. The van der Waals surface area contributed by atoms with E-state index < -0.39 is 0 Å². The number of carbonyl (C=O) groups excluding carboxylic acids is 1. The van der Waals surface area contributed by atoms with Crippen molar-refractivity contribution in [1.82, 2.24) is 14.8 Å². The van der Waals surface area contributed by atoms with Gasteiger partial charge >= 0.3 is 0 Å². The maximum atomic E-state index is 13.2. The summed E-state index contributed by atoms with van der Waals surface area (Å²) in [5, 5.41) is 10.6. The SMILES string of the molecule is CCSc1nnc2n1-c1sc3c(c1C(=O)C2CC)CC(C)(C)OC3. The number of aromatic nitrogens is 3. The number of thioether (sulfide) groups is 1. The van der Waals surface area contributed by atoms with Crippen LogP contribution in [-0.4, -0.2) is 31.9 Å². The number of ketones is 1. The van der Waals surface area contributed by atoms with Gasteiger partial charge < -0.3 is 4.74 Å². The molecule has 24 heavy (non-hydrogen) atoms. The Labute approximate surface area is 149 Å². The van der Waals surface area contributed by atoms with Crippen LogP contribution in [0.5, 0.6) is 0 Å². The maximum Gasteiger partial charge on any atom is 0.196 e. The lowest BCUT2D eigenvalue weighted by molar-refractivity contribution is -0.0383. The lowest BCUT2D eigenvalue weighted by Crippen LogP contribution is -2.33. The highest BCUT2D eigenvalue weighted by Crippen LogP contribution is 2.46. The van der Waals surface area contributed by atoms with Crippen LogP contribution in [0.2, 0.25) is 0 Å². The van der Waals surface area contributed by atoms with Crippen molar-refractivity contribution in [2.45, 2.75) is 63.8 Å². The number of hydrogen-bond acceptors (Lipinski definition) is 6. The van der Waals surface area contributed by atoms with E-state index in [-0.39, 0.29) is 17.3 Å². The molecule has 0 fully saturated rings. The minimum Gasteiger partial charge on any atom is -0.370 e. The molecule has 4 rings (SSSR count). The van der Waals surface area contributed by atoms with Gasteiger partial charge in [0.2, 0.25) is 0 Å². The van der Waals surface area contributed by atoms with Crippen molar-refractivity contribution in [2.75, 3.05) is 5.75 Å². The fraction of sp³-hybridized carbons (Fsp3) is 0.588. The summed E-state index contributed by atoms with van der Waals surface area (Å²) >= 11 is 3.34. The number of hydrogen-bond donors (Lipinski definition) is 0. The van der Waals surface area contributed by atoms with Crippen molar-refractivity contribution in [3.05, 3.63) is 21.8 Å². The van der Waals surface area contributed by atoms with Crippen molar-refractivity contribution < 1.29 is 9.53 Å². The second-order valence-electron chi connectivity index (χ2n) is 6.84. The summed E-state index contributed by atoms with van der Waals surface area (Å²) in [4.78, 5) is 14.4. The summed E-state index contributed by atoms with van der Waals surface area (Å²) < 4.78 is 8.08. The number of carbonyl (C=O) groups is 1. The van der Waals surface area contributed by atoms with Gasteiger partial charge in [-0.25, -0.2) is 0 Å². The number of thiophene rings is 1. The van der Waals surface area contributed by atoms with Crippen LogP contribution in [-0.2, 0) is 17.8 Å². The molecule has 0 saturated heterocycles. The van der Waals surface area contributed by atoms with Crippen molar-refractivity contribution in [3.8, 4) is 5.00 Å². The van der Waals surface area contributed by atoms with Crippen LogP contribution >= 0.6 is 23.1 Å². The van der Waals surface area contributed by atoms with E-state index in [0.717, 1.165) is 40.1 Å². The molecule has 0 N–H and O–H groups in total. The Morgan fingerprint density at radius 3 is 2.88 bits per heavy atom. The minimum atomic E-state index is -0.224. The Bertz CT molecular complexity index is 822. The molecule has 2 aromatic rings. The Morgan fingerprint density at radius 1 is 1.38 bits per heavy atom. The highest BCUT2D eigenvalue weighted by molar-refractivity contribution is 7.99. The number of nitrogens with zero attached hydrogens (tertiary/aromatic N) is 3. The largest absolute Gasteiger partial charge is 0.370 e. The first kappa shape index (κ1) is 16.3. The van der Waals surface area contributed by atoms with Gasteiger partial charge in [0.15, 0.2) is 10.9 Å². The Hall–Kier alpha value is -1.18. The minimum absolute atomic E-state index is 0.194. The van der Waals surface area contributed by atoms with Gasteiger partial charge in [0.25, 0.3) is 0 Å². The van der Waals surface area contributed by atoms with E-state index in [4.69, 9.17) is 4.74 Å². The van der Waals surface area contributed by atoms with Gasteiger partial charge in [-0.3, -0.25) is 9.36 Å². The van der Waals surface area contributed by atoms with E-state index >= 15 is 0 Å². The van der Waals surface area contributed by atoms with E-state index in [2.05, 4.69) is 35.5 Å². The number of Topliss-reactive ketones (excluding diaryl/α,β-unsaturated/α-hetero) is 1. The zero-order valence-electron chi connectivity index (χ0n) is 14.4. The van der Waals surface area contributed by atoms with E-state index in [0.29, 0.717) is 6.61 Å². The number of fused-ring (bicyclic) bond motifs is 5. The summed E-state index contributed by atoms with van der Waals surface area (Å²) in [7, 11) is 0. The van der Waals surface area contributed by atoms with E-state index in [1.165, 1.54) is 10.4 Å². The Morgan fingerprint density at radius 2 is 2.17 bits per heavy atom. The Balaban J connectivity index is 1.95. The molecule has 1 atom stereocenters. The first-order valence-corrected chi connectivity index (χ1v) is 10.2. The molecule has 0 radical (unpaired) electrons. The normalized spacial score (nSPS) is 21.3. The molecular formula is C17H21N3O2S2. The second kappa shape index (κ2) is 5.68. The van der Waals surface area contributed by atoms with Crippen molar-refractivity contribution in [3.63, 3.8) is 0 Å². The van der Waals surface area contributed by atoms with Crippen molar-refractivity contribution in [2.24, 2.45) is 0 Å². The average Bonchev–Trinajstić information content (AvgIpc) is 3.09. The molecule has 0 spiro atoms. The van der Waals surface area contributed by atoms with Crippen LogP contribution in [0.4, 0.5) is 0 Å². The molecular weight excluding hydrogens is 342 g/mol. The molecule has 0 bridgehead atoms. The van der Waals surface area contributed by atoms with Crippen LogP contribution in [0, 0.1) is 0 Å². The third kappa shape index (κ3) is 2.29. The fourth-order valence-electron chi connectivity index (χ4n) is 3.53. The zero-order valence-corrected chi connectivity index (χ0v) is 16.0. The van der Waals surface area contributed by atoms with Crippen molar-refractivity contribution >= 4 is 28.9 Å². The van der Waals surface area contributed by atoms with Crippen molar-refractivity contribution in [1.29, 1.82) is 0 Å². The summed E-state index contributed by atoms with van der Waals surface area (Å²) in [5.74, 6) is 1.74. The smallest absolute Gasteiger partial charge is 0.196 e. The average molecular weight is 364 g/mol. The highest BCUT2D eigenvalue weighted by Gasteiger charge is 2.41. The number of rotatable bonds is 3. The zero-order chi connectivity index (χ0) is 17.1. The molecule has 2 aliphatic rings. The highest BCUT2D eigenvalue weighted by atomic mass is 32.2. The van der Waals surface area contributed by atoms with Crippen LogP contribution in [0.1, 0.15) is 66.7 Å². The monoisotopic (exact) mass is 363 g/mol. The van der Waals surface area contributed by atoms with E-state index in [9.17, 15) is 4.79 Å². The molecule has 7 heteroatoms. The predicted molar refractivity (Wildman–Crippen MR) is 95.6 cm³/mol.